The SMILES string of the molecule is CCN=CC(CNc1nc(Cl)cc(NCCc2ccccc2)n1)=NN. The zero-order chi connectivity index (χ0) is 17.9. The van der Waals surface area contributed by atoms with Crippen LogP contribution in [0.25, 0.3) is 0 Å². The van der Waals surface area contributed by atoms with E-state index in [9.17, 15) is 0 Å². The molecule has 0 spiro atoms. The monoisotopic (exact) mass is 359 g/mol. The molecule has 1 aromatic carbocycles. The van der Waals surface area contributed by atoms with E-state index in [1.165, 1.54) is 5.56 Å². The van der Waals surface area contributed by atoms with Crippen LogP contribution in [0, 0.1) is 0 Å². The van der Waals surface area contributed by atoms with E-state index < -0.39 is 0 Å². The van der Waals surface area contributed by atoms with E-state index in [-0.39, 0.29) is 0 Å². The molecule has 0 fully saturated rings. The maximum Gasteiger partial charge on any atom is 0.226 e. The van der Waals surface area contributed by atoms with Crippen LogP contribution in [0.4, 0.5) is 11.8 Å². The van der Waals surface area contributed by atoms with E-state index in [2.05, 4.69) is 42.8 Å². The lowest BCUT2D eigenvalue weighted by atomic mass is 10.1. The van der Waals surface area contributed by atoms with Gasteiger partial charge in [-0.2, -0.15) is 10.1 Å². The van der Waals surface area contributed by atoms with Gasteiger partial charge in [-0.25, -0.2) is 4.98 Å². The number of anilines is 2. The smallest absolute Gasteiger partial charge is 0.226 e. The van der Waals surface area contributed by atoms with Crippen molar-refractivity contribution in [1.82, 2.24) is 9.97 Å². The average molecular weight is 360 g/mol. The van der Waals surface area contributed by atoms with Crippen LogP contribution in [-0.4, -0.2) is 41.5 Å². The molecule has 1 heterocycles. The molecule has 8 heteroatoms. The summed E-state index contributed by atoms with van der Waals surface area (Å²) in [5, 5.41) is 10.3. The molecule has 0 bridgehead atoms. The third kappa shape index (κ3) is 6.76. The Bertz CT molecular complexity index is 716. The molecule has 1 aromatic heterocycles. The van der Waals surface area contributed by atoms with Crippen molar-refractivity contribution in [2.45, 2.75) is 13.3 Å². The highest BCUT2D eigenvalue weighted by Gasteiger charge is 2.04. The number of benzene rings is 1. The van der Waals surface area contributed by atoms with Crippen molar-refractivity contribution in [2.75, 3.05) is 30.3 Å². The summed E-state index contributed by atoms with van der Waals surface area (Å²) < 4.78 is 0. The van der Waals surface area contributed by atoms with Gasteiger partial charge in [0.2, 0.25) is 5.95 Å². The molecule has 132 valence electrons. The first-order chi connectivity index (χ1) is 12.2. The van der Waals surface area contributed by atoms with Crippen LogP contribution in [-0.2, 0) is 6.42 Å². The Kier molecular flexibility index (Phi) is 7.65. The highest BCUT2D eigenvalue weighted by atomic mass is 35.5. The van der Waals surface area contributed by atoms with E-state index in [4.69, 9.17) is 17.4 Å². The van der Waals surface area contributed by atoms with E-state index in [0.717, 1.165) is 13.0 Å². The van der Waals surface area contributed by atoms with Crippen LogP contribution in [0.5, 0.6) is 0 Å². The predicted molar refractivity (Wildman–Crippen MR) is 105 cm³/mol. The summed E-state index contributed by atoms with van der Waals surface area (Å²) in [4.78, 5) is 12.6. The number of nitrogens with one attached hydrogen (secondary N) is 2. The fourth-order valence-corrected chi connectivity index (χ4v) is 2.24. The van der Waals surface area contributed by atoms with E-state index in [0.29, 0.717) is 35.7 Å². The number of aromatic nitrogens is 2. The second kappa shape index (κ2) is 10.2. The van der Waals surface area contributed by atoms with Crippen molar-refractivity contribution >= 4 is 35.3 Å². The molecule has 0 aliphatic rings. The second-order valence-corrected chi connectivity index (χ2v) is 5.55. The second-order valence-electron chi connectivity index (χ2n) is 5.16. The predicted octanol–water partition coefficient (Wildman–Crippen LogP) is 2.60. The van der Waals surface area contributed by atoms with Crippen molar-refractivity contribution in [3.63, 3.8) is 0 Å². The number of nitrogens with zero attached hydrogens (tertiary/aromatic N) is 4. The Morgan fingerprint density at radius 2 is 2.04 bits per heavy atom. The topological polar surface area (TPSA) is 101 Å². The fourth-order valence-electron chi connectivity index (χ4n) is 2.06. The Morgan fingerprint density at radius 1 is 1.24 bits per heavy atom. The van der Waals surface area contributed by atoms with Crippen LogP contribution >= 0.6 is 11.6 Å². The summed E-state index contributed by atoms with van der Waals surface area (Å²) in [6.45, 7) is 3.72. The molecule has 7 nitrogen and oxygen atoms in total. The van der Waals surface area contributed by atoms with Gasteiger partial charge in [0.1, 0.15) is 11.0 Å². The molecule has 0 saturated carbocycles. The normalized spacial score (nSPS) is 11.7. The lowest BCUT2D eigenvalue weighted by Crippen LogP contribution is -2.19. The standard InChI is InChI=1S/C17H22ClN7/c1-2-20-11-14(25-19)12-22-17-23-15(18)10-16(24-17)21-9-8-13-6-4-3-5-7-13/h3-7,10-11H,2,8-9,12,19H2,1H3,(H2,21,22,23,24). The van der Waals surface area contributed by atoms with Crippen molar-refractivity contribution in [1.29, 1.82) is 0 Å². The number of hydrogen-bond donors (Lipinski definition) is 3. The average Bonchev–Trinajstić information content (AvgIpc) is 2.62. The van der Waals surface area contributed by atoms with Gasteiger partial charge >= 0.3 is 0 Å². The Hall–Kier alpha value is -2.67. The molecule has 0 atom stereocenters. The first-order valence-electron chi connectivity index (χ1n) is 8.04. The van der Waals surface area contributed by atoms with Gasteiger partial charge in [0.25, 0.3) is 0 Å². The van der Waals surface area contributed by atoms with Gasteiger partial charge < -0.3 is 16.5 Å². The lowest BCUT2D eigenvalue weighted by Gasteiger charge is -2.09. The van der Waals surface area contributed by atoms with Crippen molar-refractivity contribution in [3.8, 4) is 0 Å². The number of nitrogens with two attached hydrogens (primary N) is 1. The zero-order valence-electron chi connectivity index (χ0n) is 14.1. The summed E-state index contributed by atoms with van der Waals surface area (Å²) >= 11 is 6.07. The van der Waals surface area contributed by atoms with Gasteiger partial charge in [-0.15, -0.1) is 0 Å². The highest BCUT2D eigenvalue weighted by molar-refractivity contribution is 6.32. The Morgan fingerprint density at radius 3 is 2.76 bits per heavy atom. The van der Waals surface area contributed by atoms with Gasteiger partial charge in [0, 0.05) is 25.4 Å². The summed E-state index contributed by atoms with van der Waals surface area (Å²) in [5.74, 6) is 6.40. The van der Waals surface area contributed by atoms with E-state index in [1.807, 2.05) is 25.1 Å². The van der Waals surface area contributed by atoms with Crippen LogP contribution in [0.2, 0.25) is 5.15 Å². The van der Waals surface area contributed by atoms with Crippen LogP contribution in [0.15, 0.2) is 46.5 Å². The first-order valence-corrected chi connectivity index (χ1v) is 8.42. The molecular weight excluding hydrogens is 338 g/mol. The first kappa shape index (κ1) is 18.7. The van der Waals surface area contributed by atoms with Gasteiger partial charge in [0.15, 0.2) is 0 Å². The molecule has 0 aliphatic heterocycles. The molecule has 0 saturated heterocycles. The number of rotatable bonds is 9. The van der Waals surface area contributed by atoms with Crippen LogP contribution in [0.1, 0.15) is 12.5 Å². The summed E-state index contributed by atoms with van der Waals surface area (Å²) in [6.07, 6.45) is 2.51. The molecular formula is C17H22ClN7. The quantitative estimate of drug-likeness (QED) is 0.276. The molecule has 2 rings (SSSR count). The van der Waals surface area contributed by atoms with E-state index in [1.54, 1.807) is 12.3 Å². The Labute approximate surface area is 152 Å². The van der Waals surface area contributed by atoms with E-state index >= 15 is 0 Å². The van der Waals surface area contributed by atoms with Gasteiger partial charge in [-0.05, 0) is 18.9 Å². The summed E-state index contributed by atoms with van der Waals surface area (Å²) in [6, 6.07) is 11.9. The molecule has 25 heavy (non-hydrogen) atoms. The molecule has 4 N–H and O–H groups in total. The molecule has 0 unspecified atom stereocenters. The fraction of sp³-hybridized carbons (Fsp3) is 0.294. The minimum absolute atomic E-state index is 0.355. The summed E-state index contributed by atoms with van der Waals surface area (Å²) in [7, 11) is 0. The Balaban J connectivity index is 1.91. The highest BCUT2D eigenvalue weighted by Crippen LogP contribution is 2.14. The van der Waals surface area contributed by atoms with Crippen molar-refractivity contribution in [3.05, 3.63) is 47.1 Å². The molecule has 0 aliphatic carbocycles. The number of halogens is 1. The zero-order valence-corrected chi connectivity index (χ0v) is 14.9. The molecule has 0 amide bonds. The third-order valence-electron chi connectivity index (χ3n) is 3.27. The van der Waals surface area contributed by atoms with Crippen LogP contribution in [0.3, 0.4) is 0 Å². The molecule has 2 aromatic rings. The van der Waals surface area contributed by atoms with Crippen LogP contribution < -0.4 is 16.5 Å². The maximum atomic E-state index is 6.07. The summed E-state index contributed by atoms with van der Waals surface area (Å²) in [5.41, 5.74) is 1.86. The van der Waals surface area contributed by atoms with Crippen molar-refractivity contribution < 1.29 is 0 Å². The van der Waals surface area contributed by atoms with Gasteiger partial charge in [-0.3, -0.25) is 4.99 Å². The number of hydrazone groups is 1. The van der Waals surface area contributed by atoms with Gasteiger partial charge in [0.05, 0.1) is 12.3 Å². The maximum absolute atomic E-state index is 6.07. The largest absolute Gasteiger partial charge is 0.370 e. The lowest BCUT2D eigenvalue weighted by molar-refractivity contribution is 0.998. The minimum atomic E-state index is 0.355. The number of hydrogen-bond acceptors (Lipinski definition) is 7. The van der Waals surface area contributed by atoms with Crippen molar-refractivity contribution in [2.24, 2.45) is 15.9 Å². The molecule has 0 radical (unpaired) electrons. The third-order valence-corrected chi connectivity index (χ3v) is 3.47. The minimum Gasteiger partial charge on any atom is -0.370 e. The van der Waals surface area contributed by atoms with Gasteiger partial charge in [-0.1, -0.05) is 41.9 Å². The number of aliphatic imine (C=N–C) groups is 1.